The van der Waals surface area contributed by atoms with Crippen LogP contribution in [0.2, 0.25) is 0 Å². The molecule has 2 heterocycles. The first kappa shape index (κ1) is 17.4. The Balaban J connectivity index is 1.55. The third kappa shape index (κ3) is 5.27. The van der Waals surface area contributed by atoms with Gasteiger partial charge in [0.25, 0.3) is 0 Å². The third-order valence-electron chi connectivity index (χ3n) is 4.18. The van der Waals surface area contributed by atoms with Crippen molar-refractivity contribution in [1.29, 1.82) is 0 Å². The maximum atomic E-state index is 11.0. The van der Waals surface area contributed by atoms with Crippen LogP contribution in [-0.2, 0) is 22.7 Å². The fourth-order valence-electron chi connectivity index (χ4n) is 2.85. The Labute approximate surface area is 147 Å². The maximum Gasteiger partial charge on any atom is 0.305 e. The number of pyridine rings is 1. The van der Waals surface area contributed by atoms with Gasteiger partial charge in [0, 0.05) is 25.3 Å². The Morgan fingerprint density at radius 3 is 2.84 bits per heavy atom. The minimum atomic E-state index is -0.793. The molecule has 1 saturated heterocycles. The lowest BCUT2D eigenvalue weighted by Gasteiger charge is -2.34. The van der Waals surface area contributed by atoms with Crippen molar-refractivity contribution in [1.82, 2.24) is 9.88 Å². The number of nitrogens with zero attached hydrogens (tertiary/aromatic N) is 2. The minimum Gasteiger partial charge on any atom is -0.487 e. The molecule has 3 rings (SSSR count). The molecule has 0 aliphatic carbocycles. The summed E-state index contributed by atoms with van der Waals surface area (Å²) in [7, 11) is 0. The minimum absolute atomic E-state index is 0.0775. The van der Waals surface area contributed by atoms with Gasteiger partial charge in [0.2, 0.25) is 0 Å². The van der Waals surface area contributed by atoms with Gasteiger partial charge in [-0.05, 0) is 29.8 Å². The van der Waals surface area contributed by atoms with Gasteiger partial charge >= 0.3 is 5.97 Å². The maximum absolute atomic E-state index is 11.0. The van der Waals surface area contributed by atoms with E-state index in [-0.39, 0.29) is 12.5 Å². The van der Waals surface area contributed by atoms with E-state index in [2.05, 4.69) is 9.88 Å². The molecule has 1 unspecified atom stereocenters. The molecule has 0 saturated carbocycles. The molecule has 6 nitrogen and oxygen atoms in total. The number of rotatable bonds is 7. The molecular weight excluding hydrogens is 320 g/mol. The van der Waals surface area contributed by atoms with E-state index in [1.165, 1.54) is 0 Å². The predicted molar refractivity (Wildman–Crippen MR) is 92.3 cm³/mol. The first-order chi connectivity index (χ1) is 12.2. The number of carboxylic acids is 1. The van der Waals surface area contributed by atoms with E-state index in [4.69, 9.17) is 14.6 Å². The second-order valence-corrected chi connectivity index (χ2v) is 6.05. The molecule has 1 aromatic heterocycles. The number of hydrogen-bond acceptors (Lipinski definition) is 5. The van der Waals surface area contributed by atoms with E-state index in [1.54, 1.807) is 6.20 Å². The summed E-state index contributed by atoms with van der Waals surface area (Å²) in [6, 6.07) is 13.6. The first-order valence-electron chi connectivity index (χ1n) is 8.36. The second kappa shape index (κ2) is 8.60. The second-order valence-electron chi connectivity index (χ2n) is 6.05. The monoisotopic (exact) mass is 342 g/mol. The lowest BCUT2D eigenvalue weighted by molar-refractivity contribution is -0.140. The van der Waals surface area contributed by atoms with Crippen molar-refractivity contribution >= 4 is 5.97 Å². The zero-order valence-corrected chi connectivity index (χ0v) is 14.0. The van der Waals surface area contributed by atoms with E-state index in [0.717, 1.165) is 23.6 Å². The summed E-state index contributed by atoms with van der Waals surface area (Å²) in [5.74, 6) is -0.00256. The smallest absolute Gasteiger partial charge is 0.305 e. The largest absolute Gasteiger partial charge is 0.487 e. The van der Waals surface area contributed by atoms with Gasteiger partial charge in [0.15, 0.2) is 0 Å². The van der Waals surface area contributed by atoms with Crippen LogP contribution in [0, 0.1) is 0 Å². The van der Waals surface area contributed by atoms with Gasteiger partial charge in [-0.3, -0.25) is 14.7 Å². The summed E-state index contributed by atoms with van der Waals surface area (Å²) in [6.07, 6.45) is 1.85. The molecule has 132 valence electrons. The summed E-state index contributed by atoms with van der Waals surface area (Å²) in [5, 5.41) is 9.04. The van der Waals surface area contributed by atoms with E-state index in [0.29, 0.717) is 26.4 Å². The van der Waals surface area contributed by atoms with Crippen LogP contribution in [0.5, 0.6) is 5.75 Å². The number of morpholine rings is 1. The number of carbonyl (C=O) groups is 1. The fraction of sp³-hybridized carbons (Fsp3) is 0.368. The molecule has 1 atom stereocenters. The Hall–Kier alpha value is -2.44. The molecule has 0 bridgehead atoms. The molecule has 6 heteroatoms. The fourth-order valence-corrected chi connectivity index (χ4v) is 2.85. The number of ether oxygens (including phenoxy) is 2. The normalized spacial score (nSPS) is 18.0. The van der Waals surface area contributed by atoms with Crippen LogP contribution in [0.15, 0.2) is 48.7 Å². The molecule has 1 aromatic carbocycles. The van der Waals surface area contributed by atoms with E-state index >= 15 is 0 Å². The van der Waals surface area contributed by atoms with Crippen molar-refractivity contribution in [2.75, 3.05) is 19.8 Å². The van der Waals surface area contributed by atoms with Gasteiger partial charge in [0.05, 0.1) is 25.3 Å². The van der Waals surface area contributed by atoms with Crippen LogP contribution in [-0.4, -0.2) is 46.8 Å². The van der Waals surface area contributed by atoms with Crippen molar-refractivity contribution < 1.29 is 19.4 Å². The molecule has 0 spiro atoms. The molecule has 1 aliphatic heterocycles. The van der Waals surface area contributed by atoms with Crippen LogP contribution in [0.3, 0.4) is 0 Å². The third-order valence-corrected chi connectivity index (χ3v) is 4.18. The molecule has 25 heavy (non-hydrogen) atoms. The number of hydrogen-bond donors (Lipinski definition) is 1. The highest BCUT2D eigenvalue weighted by Crippen LogP contribution is 2.18. The zero-order valence-electron chi connectivity index (χ0n) is 14.0. The van der Waals surface area contributed by atoms with Crippen molar-refractivity contribution in [2.24, 2.45) is 0 Å². The van der Waals surface area contributed by atoms with Crippen LogP contribution in [0.25, 0.3) is 0 Å². The van der Waals surface area contributed by atoms with Gasteiger partial charge in [0.1, 0.15) is 12.4 Å². The van der Waals surface area contributed by atoms with Crippen molar-refractivity contribution in [2.45, 2.75) is 25.6 Å². The highest BCUT2D eigenvalue weighted by Gasteiger charge is 2.25. The van der Waals surface area contributed by atoms with Crippen LogP contribution in [0.4, 0.5) is 0 Å². The summed E-state index contributed by atoms with van der Waals surface area (Å²) in [6.45, 7) is 3.00. The average Bonchev–Trinajstić information content (AvgIpc) is 2.63. The number of aromatic nitrogens is 1. The number of benzene rings is 1. The van der Waals surface area contributed by atoms with Crippen LogP contribution < -0.4 is 4.74 Å². The van der Waals surface area contributed by atoms with Crippen molar-refractivity contribution in [3.05, 3.63) is 59.9 Å². The Morgan fingerprint density at radius 1 is 1.28 bits per heavy atom. The molecule has 1 N–H and O–H groups in total. The topological polar surface area (TPSA) is 71.9 Å². The summed E-state index contributed by atoms with van der Waals surface area (Å²) >= 11 is 0. The number of aliphatic carboxylic acids is 1. The van der Waals surface area contributed by atoms with Gasteiger partial charge in [-0.25, -0.2) is 0 Å². The van der Waals surface area contributed by atoms with Gasteiger partial charge in [-0.2, -0.15) is 0 Å². The summed E-state index contributed by atoms with van der Waals surface area (Å²) in [4.78, 5) is 17.4. The van der Waals surface area contributed by atoms with Crippen LogP contribution >= 0.6 is 0 Å². The quantitative estimate of drug-likeness (QED) is 0.833. The van der Waals surface area contributed by atoms with Gasteiger partial charge in [-0.1, -0.05) is 18.2 Å². The highest BCUT2D eigenvalue weighted by atomic mass is 16.5. The number of carboxylic acid groups (broad SMARTS) is 1. The van der Waals surface area contributed by atoms with Gasteiger partial charge < -0.3 is 14.6 Å². The van der Waals surface area contributed by atoms with Crippen LogP contribution in [0.1, 0.15) is 17.7 Å². The lowest BCUT2D eigenvalue weighted by Crippen LogP contribution is -2.45. The zero-order chi connectivity index (χ0) is 17.5. The SMILES string of the molecule is O=C(O)CC1COCCN1Cc1ccc(OCc2ccccn2)cc1. The lowest BCUT2D eigenvalue weighted by atomic mass is 10.1. The van der Waals surface area contributed by atoms with E-state index in [1.807, 2.05) is 42.5 Å². The molecule has 0 radical (unpaired) electrons. The summed E-state index contributed by atoms with van der Waals surface area (Å²) in [5.41, 5.74) is 2.01. The highest BCUT2D eigenvalue weighted by molar-refractivity contribution is 5.67. The Bertz CT molecular complexity index is 676. The molecule has 1 fully saturated rings. The standard InChI is InChI=1S/C19H22N2O4/c22-19(23)11-17-14-24-10-9-21(17)12-15-4-6-18(7-5-15)25-13-16-3-1-2-8-20-16/h1-8,17H,9-14H2,(H,22,23). The molecule has 2 aromatic rings. The van der Waals surface area contributed by atoms with Crippen molar-refractivity contribution in [3.63, 3.8) is 0 Å². The predicted octanol–water partition coefficient (Wildman–Crippen LogP) is 2.34. The van der Waals surface area contributed by atoms with E-state index < -0.39 is 5.97 Å². The molecular formula is C19H22N2O4. The Kier molecular flexibility index (Phi) is 5.98. The molecule has 0 amide bonds. The average molecular weight is 342 g/mol. The van der Waals surface area contributed by atoms with Crippen molar-refractivity contribution in [3.8, 4) is 5.75 Å². The Morgan fingerprint density at radius 2 is 2.12 bits per heavy atom. The first-order valence-corrected chi connectivity index (χ1v) is 8.36. The summed E-state index contributed by atoms with van der Waals surface area (Å²) < 4.78 is 11.2. The molecule has 1 aliphatic rings. The van der Waals surface area contributed by atoms with E-state index in [9.17, 15) is 4.79 Å². The van der Waals surface area contributed by atoms with Gasteiger partial charge in [-0.15, -0.1) is 0 Å².